The summed E-state index contributed by atoms with van der Waals surface area (Å²) in [6.45, 7) is 0.518. The monoisotopic (exact) mass is 301 g/mol. The minimum Gasteiger partial charge on any atom is -0.544 e. The second-order valence-electron chi connectivity index (χ2n) is 5.07. The number of unbranched alkanes of at least 4 members (excludes halogenated alkanes) is 2. The second kappa shape index (κ2) is 9.93. The van der Waals surface area contributed by atoms with Crippen LogP contribution in [0.25, 0.3) is 0 Å². The van der Waals surface area contributed by atoms with Crippen LogP contribution in [-0.2, 0) is 14.4 Å². The first-order chi connectivity index (χ1) is 9.81. The molecule has 0 saturated carbocycles. The van der Waals surface area contributed by atoms with E-state index >= 15 is 0 Å². The molecule has 120 valence electrons. The van der Waals surface area contributed by atoms with E-state index in [1.165, 1.54) is 0 Å². The molecule has 0 atom stereocenters. The molecule has 0 fully saturated rings. The Hall–Kier alpha value is -1.89. The van der Waals surface area contributed by atoms with E-state index in [9.17, 15) is 19.5 Å². The molecule has 21 heavy (non-hydrogen) atoms. The van der Waals surface area contributed by atoms with E-state index in [1.807, 2.05) is 19.1 Å². The number of carbonyl (C=O) groups is 3. The molecule has 0 unspecified atom stereocenters. The smallest absolute Gasteiger partial charge is 0.359 e. The number of hydrogen-bond donors (Lipinski definition) is 2. The van der Waals surface area contributed by atoms with Crippen molar-refractivity contribution in [2.45, 2.75) is 32.6 Å². The third-order valence-electron chi connectivity index (χ3n) is 3.06. The van der Waals surface area contributed by atoms with Gasteiger partial charge in [-0.3, -0.25) is 0 Å². The van der Waals surface area contributed by atoms with Crippen molar-refractivity contribution in [2.24, 2.45) is 0 Å². The second-order valence-corrected chi connectivity index (χ2v) is 5.07. The molecule has 0 spiro atoms. The van der Waals surface area contributed by atoms with Crippen molar-refractivity contribution in [3.8, 4) is 0 Å². The number of nitrogens with zero attached hydrogens (tertiary/aromatic N) is 1. The normalized spacial score (nSPS) is 11.7. The molecule has 7 nitrogen and oxygen atoms in total. The summed E-state index contributed by atoms with van der Waals surface area (Å²) < 4.78 is -0.523. The van der Waals surface area contributed by atoms with Crippen LogP contribution in [0.3, 0.4) is 0 Å². The molecule has 0 aliphatic rings. The van der Waals surface area contributed by atoms with Crippen molar-refractivity contribution in [3.63, 3.8) is 0 Å². The molecular weight excluding hydrogens is 278 g/mol. The highest BCUT2D eigenvalue weighted by Crippen LogP contribution is 2.11. The summed E-state index contributed by atoms with van der Waals surface area (Å²) in [5.74, 6) is -3.88. The third kappa shape index (κ3) is 9.61. The molecule has 0 aliphatic carbocycles. The van der Waals surface area contributed by atoms with E-state index in [1.54, 1.807) is 0 Å². The first kappa shape index (κ1) is 19.1. The van der Waals surface area contributed by atoms with E-state index in [0.717, 1.165) is 19.3 Å². The van der Waals surface area contributed by atoms with E-state index in [0.29, 0.717) is 6.42 Å². The maximum atomic E-state index is 10.9. The van der Waals surface area contributed by atoms with Crippen molar-refractivity contribution in [1.82, 2.24) is 0 Å². The summed E-state index contributed by atoms with van der Waals surface area (Å²) in [6.07, 6.45) is 7.06. The van der Waals surface area contributed by atoms with Gasteiger partial charge in [-0.15, -0.1) is 0 Å². The standard InChI is InChI=1S/C14H23NO6/c1-2-3-4-5-6-7-8-15(9-12(16)17,10-13(18)19)11-14(20)21/h3-4H,2,5-11H2,1H3,(H2-,16,17,18,19,20,21)/b4-3+. The molecule has 0 aromatic carbocycles. The minimum absolute atomic E-state index is 0.187. The van der Waals surface area contributed by atoms with Gasteiger partial charge in [-0.25, -0.2) is 9.59 Å². The number of aliphatic carboxylic acids is 3. The Morgan fingerprint density at radius 3 is 2.00 bits per heavy atom. The molecular formula is C14H23NO6. The van der Waals surface area contributed by atoms with Crippen molar-refractivity contribution >= 4 is 17.9 Å². The molecule has 2 N–H and O–H groups in total. The van der Waals surface area contributed by atoms with Crippen LogP contribution in [0.2, 0.25) is 0 Å². The van der Waals surface area contributed by atoms with Gasteiger partial charge < -0.3 is 24.6 Å². The summed E-state index contributed by atoms with van der Waals surface area (Å²) in [6, 6.07) is 0. The molecule has 0 radical (unpaired) electrons. The number of hydrogen-bond acceptors (Lipinski definition) is 4. The molecule has 0 rings (SSSR count). The molecule has 0 bridgehead atoms. The van der Waals surface area contributed by atoms with Crippen LogP contribution in [0, 0.1) is 0 Å². The largest absolute Gasteiger partial charge is 0.544 e. The van der Waals surface area contributed by atoms with Crippen molar-refractivity contribution in [3.05, 3.63) is 12.2 Å². The lowest BCUT2D eigenvalue weighted by Crippen LogP contribution is -2.59. The van der Waals surface area contributed by atoms with Gasteiger partial charge in [-0.1, -0.05) is 19.1 Å². The highest BCUT2D eigenvalue weighted by atomic mass is 16.4. The zero-order valence-electron chi connectivity index (χ0n) is 12.3. The van der Waals surface area contributed by atoms with Crippen LogP contribution in [0.4, 0.5) is 0 Å². The van der Waals surface area contributed by atoms with Gasteiger partial charge in [0.25, 0.3) is 0 Å². The predicted molar refractivity (Wildman–Crippen MR) is 73.3 cm³/mol. The van der Waals surface area contributed by atoms with E-state index in [-0.39, 0.29) is 6.54 Å². The van der Waals surface area contributed by atoms with Crippen LogP contribution in [0.15, 0.2) is 12.2 Å². The van der Waals surface area contributed by atoms with Crippen LogP contribution >= 0.6 is 0 Å². The van der Waals surface area contributed by atoms with Crippen molar-refractivity contribution < 1.29 is 34.2 Å². The highest BCUT2D eigenvalue weighted by Gasteiger charge is 2.33. The number of carbonyl (C=O) groups excluding carboxylic acids is 1. The fourth-order valence-electron chi connectivity index (χ4n) is 2.25. The van der Waals surface area contributed by atoms with Gasteiger partial charge in [0.2, 0.25) is 0 Å². The predicted octanol–water partition coefficient (Wildman–Crippen LogP) is -0.141. The van der Waals surface area contributed by atoms with Crippen LogP contribution in [0.1, 0.15) is 32.6 Å². The van der Waals surface area contributed by atoms with Gasteiger partial charge in [0, 0.05) is 0 Å². The Bertz CT molecular complexity index is 350. The number of allylic oxidation sites excluding steroid dienone is 2. The lowest BCUT2D eigenvalue weighted by molar-refractivity contribution is -0.909. The molecule has 0 amide bonds. The fraction of sp³-hybridized carbons (Fsp3) is 0.643. The average Bonchev–Trinajstić information content (AvgIpc) is 2.30. The quantitative estimate of drug-likeness (QED) is 0.294. The lowest BCUT2D eigenvalue weighted by atomic mass is 10.1. The molecule has 7 heteroatoms. The van der Waals surface area contributed by atoms with E-state index < -0.39 is 42.0 Å². The zero-order valence-corrected chi connectivity index (χ0v) is 12.3. The Labute approximate surface area is 124 Å². The summed E-state index contributed by atoms with van der Waals surface area (Å²) in [4.78, 5) is 32.7. The van der Waals surface area contributed by atoms with E-state index in [4.69, 9.17) is 10.2 Å². The minimum atomic E-state index is -1.44. The Morgan fingerprint density at radius 1 is 1.00 bits per heavy atom. The van der Waals surface area contributed by atoms with Gasteiger partial charge in [-0.05, 0) is 25.7 Å². The Kier molecular flexibility index (Phi) is 9.03. The molecule has 0 saturated heterocycles. The molecule has 0 aromatic heterocycles. The Balaban J connectivity index is 4.72. The number of carboxylic acid groups (broad SMARTS) is 3. The first-order valence-corrected chi connectivity index (χ1v) is 6.95. The van der Waals surface area contributed by atoms with Gasteiger partial charge >= 0.3 is 11.9 Å². The molecule has 0 aliphatic heterocycles. The maximum Gasteiger partial charge on any atom is 0.359 e. The molecule has 0 aromatic rings. The van der Waals surface area contributed by atoms with Gasteiger partial charge in [0.05, 0.1) is 12.5 Å². The average molecular weight is 301 g/mol. The van der Waals surface area contributed by atoms with Crippen LogP contribution in [0.5, 0.6) is 0 Å². The number of carboxylic acids is 3. The Morgan fingerprint density at radius 2 is 1.57 bits per heavy atom. The lowest BCUT2D eigenvalue weighted by Gasteiger charge is -2.36. The summed E-state index contributed by atoms with van der Waals surface area (Å²) in [5, 5.41) is 28.7. The highest BCUT2D eigenvalue weighted by molar-refractivity contribution is 5.72. The topological polar surface area (TPSA) is 115 Å². The third-order valence-corrected chi connectivity index (χ3v) is 3.06. The maximum absolute atomic E-state index is 10.9. The van der Waals surface area contributed by atoms with Crippen molar-refractivity contribution in [2.75, 3.05) is 26.2 Å². The van der Waals surface area contributed by atoms with Crippen LogP contribution in [-0.4, -0.2) is 58.8 Å². The SMILES string of the molecule is CC/C=C/CCCC[N+](CC(=O)[O-])(CC(=O)O)CC(=O)O. The first-order valence-electron chi connectivity index (χ1n) is 6.95. The number of rotatable bonds is 12. The number of quaternary nitrogens is 1. The van der Waals surface area contributed by atoms with Crippen LogP contribution < -0.4 is 5.11 Å². The van der Waals surface area contributed by atoms with Gasteiger partial charge in [0.15, 0.2) is 13.1 Å². The summed E-state index contributed by atoms with van der Waals surface area (Å²) in [7, 11) is 0. The molecule has 0 heterocycles. The summed E-state index contributed by atoms with van der Waals surface area (Å²) >= 11 is 0. The van der Waals surface area contributed by atoms with Gasteiger partial charge in [-0.2, -0.15) is 0 Å². The van der Waals surface area contributed by atoms with Crippen molar-refractivity contribution in [1.29, 1.82) is 0 Å². The van der Waals surface area contributed by atoms with Gasteiger partial charge in [0.1, 0.15) is 6.54 Å². The summed E-state index contributed by atoms with van der Waals surface area (Å²) in [5.41, 5.74) is 0. The fourth-order valence-corrected chi connectivity index (χ4v) is 2.25. The zero-order chi connectivity index (χ0) is 16.3. The van der Waals surface area contributed by atoms with E-state index in [2.05, 4.69) is 0 Å².